The standard InChI is InChI=1S/C15H20FNO2/c1-18-13-6-5-11(8-12(13)16)15(9-19-10-15)14-4-2-3-7-17-14/h5-6,8,14,17H,2-4,7,9-10H2,1H3. The van der Waals surface area contributed by atoms with Gasteiger partial charge in [-0.1, -0.05) is 12.5 Å². The lowest BCUT2D eigenvalue weighted by atomic mass is 9.70. The van der Waals surface area contributed by atoms with Crippen LogP contribution in [0, 0.1) is 5.82 Å². The van der Waals surface area contributed by atoms with Crippen molar-refractivity contribution in [2.75, 3.05) is 26.9 Å². The topological polar surface area (TPSA) is 30.5 Å². The third-order valence-electron chi connectivity index (χ3n) is 4.42. The summed E-state index contributed by atoms with van der Waals surface area (Å²) >= 11 is 0. The van der Waals surface area contributed by atoms with E-state index >= 15 is 0 Å². The molecule has 19 heavy (non-hydrogen) atoms. The molecule has 3 rings (SSSR count). The molecule has 0 radical (unpaired) electrons. The minimum atomic E-state index is -0.290. The molecule has 2 fully saturated rings. The number of ether oxygens (including phenoxy) is 2. The highest BCUT2D eigenvalue weighted by molar-refractivity contribution is 5.37. The SMILES string of the molecule is COc1ccc(C2(C3CCCCN3)COC2)cc1F. The molecule has 2 heterocycles. The van der Waals surface area contributed by atoms with Crippen molar-refractivity contribution in [2.45, 2.75) is 30.7 Å². The Bertz CT molecular complexity index is 453. The third-order valence-corrected chi connectivity index (χ3v) is 4.42. The van der Waals surface area contributed by atoms with Crippen molar-refractivity contribution in [2.24, 2.45) is 0 Å². The van der Waals surface area contributed by atoms with E-state index < -0.39 is 0 Å². The van der Waals surface area contributed by atoms with Crippen molar-refractivity contribution in [1.82, 2.24) is 5.32 Å². The van der Waals surface area contributed by atoms with E-state index in [1.165, 1.54) is 20.0 Å². The lowest BCUT2D eigenvalue weighted by Gasteiger charge is -2.49. The van der Waals surface area contributed by atoms with Crippen molar-refractivity contribution >= 4 is 0 Å². The van der Waals surface area contributed by atoms with Crippen LogP contribution in [-0.2, 0) is 10.2 Å². The zero-order valence-corrected chi connectivity index (χ0v) is 11.2. The zero-order chi connectivity index (χ0) is 13.3. The van der Waals surface area contributed by atoms with E-state index in [2.05, 4.69) is 5.32 Å². The smallest absolute Gasteiger partial charge is 0.165 e. The second-order valence-corrected chi connectivity index (χ2v) is 5.50. The number of piperidine rings is 1. The lowest BCUT2D eigenvalue weighted by Crippen LogP contribution is -2.61. The number of nitrogens with one attached hydrogen (secondary N) is 1. The van der Waals surface area contributed by atoms with Crippen molar-refractivity contribution in [3.05, 3.63) is 29.6 Å². The van der Waals surface area contributed by atoms with E-state index in [-0.39, 0.29) is 11.2 Å². The van der Waals surface area contributed by atoms with Gasteiger partial charge in [0.15, 0.2) is 11.6 Å². The molecule has 2 aliphatic heterocycles. The summed E-state index contributed by atoms with van der Waals surface area (Å²) in [5.41, 5.74) is 0.963. The Balaban J connectivity index is 1.90. The van der Waals surface area contributed by atoms with Crippen LogP contribution in [0.25, 0.3) is 0 Å². The normalized spacial score (nSPS) is 25.7. The molecule has 1 aromatic carbocycles. The lowest BCUT2D eigenvalue weighted by molar-refractivity contribution is -0.0828. The van der Waals surface area contributed by atoms with Gasteiger partial charge in [0.05, 0.1) is 25.7 Å². The molecule has 0 amide bonds. The predicted molar refractivity (Wildman–Crippen MR) is 71.1 cm³/mol. The van der Waals surface area contributed by atoms with Crippen molar-refractivity contribution in [3.8, 4) is 5.75 Å². The molecule has 0 bridgehead atoms. The molecule has 0 aromatic heterocycles. The summed E-state index contributed by atoms with van der Waals surface area (Å²) in [4.78, 5) is 0. The van der Waals surface area contributed by atoms with Crippen molar-refractivity contribution < 1.29 is 13.9 Å². The Morgan fingerprint density at radius 3 is 2.74 bits per heavy atom. The van der Waals surface area contributed by atoms with E-state index in [0.717, 1.165) is 18.5 Å². The second-order valence-electron chi connectivity index (χ2n) is 5.50. The maximum atomic E-state index is 13.9. The molecule has 3 nitrogen and oxygen atoms in total. The largest absolute Gasteiger partial charge is 0.494 e. The number of methoxy groups -OCH3 is 1. The maximum Gasteiger partial charge on any atom is 0.165 e. The Hall–Kier alpha value is -1.13. The highest BCUT2D eigenvalue weighted by atomic mass is 19.1. The second kappa shape index (κ2) is 5.10. The summed E-state index contributed by atoms with van der Waals surface area (Å²) in [5, 5.41) is 3.57. The number of benzene rings is 1. The van der Waals surface area contributed by atoms with Gasteiger partial charge in [-0.25, -0.2) is 4.39 Å². The minimum Gasteiger partial charge on any atom is -0.494 e. The molecule has 1 N–H and O–H groups in total. The average molecular weight is 265 g/mol. The van der Waals surface area contributed by atoms with E-state index in [9.17, 15) is 4.39 Å². The fourth-order valence-corrected chi connectivity index (χ4v) is 3.19. The van der Waals surface area contributed by atoms with Crippen LogP contribution in [0.1, 0.15) is 24.8 Å². The first-order valence-electron chi connectivity index (χ1n) is 6.91. The van der Waals surface area contributed by atoms with Crippen LogP contribution in [0.5, 0.6) is 5.75 Å². The summed E-state index contributed by atoms with van der Waals surface area (Å²) in [6.07, 6.45) is 3.60. The summed E-state index contributed by atoms with van der Waals surface area (Å²) in [6, 6.07) is 5.69. The van der Waals surface area contributed by atoms with Crippen LogP contribution in [0.3, 0.4) is 0 Å². The van der Waals surface area contributed by atoms with Crippen LogP contribution in [0.15, 0.2) is 18.2 Å². The molecule has 1 unspecified atom stereocenters. The van der Waals surface area contributed by atoms with Gasteiger partial charge in [0.1, 0.15) is 0 Å². The Morgan fingerprint density at radius 2 is 2.21 bits per heavy atom. The van der Waals surface area contributed by atoms with Gasteiger partial charge in [-0.2, -0.15) is 0 Å². The van der Waals surface area contributed by atoms with Gasteiger partial charge in [0.2, 0.25) is 0 Å². The number of hydrogen-bond acceptors (Lipinski definition) is 3. The van der Waals surface area contributed by atoms with Gasteiger partial charge in [-0.15, -0.1) is 0 Å². The first-order valence-corrected chi connectivity index (χ1v) is 6.91. The molecule has 0 spiro atoms. The third kappa shape index (κ3) is 2.13. The van der Waals surface area contributed by atoms with Crippen LogP contribution in [-0.4, -0.2) is 32.9 Å². The molecule has 1 aromatic rings. The Kier molecular flexibility index (Phi) is 3.46. The van der Waals surface area contributed by atoms with Crippen LogP contribution < -0.4 is 10.1 Å². The van der Waals surface area contributed by atoms with Crippen molar-refractivity contribution in [3.63, 3.8) is 0 Å². The molecule has 2 aliphatic rings. The summed E-state index contributed by atoms with van der Waals surface area (Å²) in [7, 11) is 1.49. The quantitative estimate of drug-likeness (QED) is 0.909. The zero-order valence-electron chi connectivity index (χ0n) is 11.2. The van der Waals surface area contributed by atoms with E-state index in [1.807, 2.05) is 6.07 Å². The van der Waals surface area contributed by atoms with E-state index in [1.54, 1.807) is 12.1 Å². The molecule has 0 aliphatic carbocycles. The van der Waals surface area contributed by atoms with Gasteiger partial charge in [-0.05, 0) is 37.1 Å². The van der Waals surface area contributed by atoms with Crippen LogP contribution in [0.4, 0.5) is 4.39 Å². The molecule has 104 valence electrons. The minimum absolute atomic E-state index is 0.0620. The monoisotopic (exact) mass is 265 g/mol. The molecule has 4 heteroatoms. The Labute approximate surface area is 113 Å². The first-order chi connectivity index (χ1) is 9.26. The van der Waals surface area contributed by atoms with Gasteiger partial charge in [-0.3, -0.25) is 0 Å². The van der Waals surface area contributed by atoms with Crippen molar-refractivity contribution in [1.29, 1.82) is 0 Å². The summed E-state index contributed by atoms with van der Waals surface area (Å²) in [5.74, 6) is 0.0119. The number of rotatable bonds is 3. The van der Waals surface area contributed by atoms with Gasteiger partial charge in [0.25, 0.3) is 0 Å². The molecular weight excluding hydrogens is 245 g/mol. The highest BCUT2D eigenvalue weighted by Crippen LogP contribution is 2.39. The first kappa shape index (κ1) is 12.9. The summed E-state index contributed by atoms with van der Waals surface area (Å²) < 4.78 is 24.4. The van der Waals surface area contributed by atoms with E-state index in [4.69, 9.17) is 9.47 Å². The summed E-state index contributed by atoms with van der Waals surface area (Å²) in [6.45, 7) is 2.40. The highest BCUT2D eigenvalue weighted by Gasteiger charge is 2.47. The van der Waals surface area contributed by atoms with Crippen LogP contribution >= 0.6 is 0 Å². The Morgan fingerprint density at radius 1 is 1.37 bits per heavy atom. The van der Waals surface area contributed by atoms with Gasteiger partial charge < -0.3 is 14.8 Å². The van der Waals surface area contributed by atoms with E-state index in [0.29, 0.717) is 25.0 Å². The number of hydrogen-bond donors (Lipinski definition) is 1. The maximum absolute atomic E-state index is 13.9. The predicted octanol–water partition coefficient (Wildman–Crippen LogP) is 2.24. The van der Waals surface area contributed by atoms with Crippen LogP contribution in [0.2, 0.25) is 0 Å². The fraction of sp³-hybridized carbons (Fsp3) is 0.600. The molecular formula is C15H20FNO2. The molecule has 1 atom stereocenters. The molecule has 2 saturated heterocycles. The van der Waals surface area contributed by atoms with Gasteiger partial charge in [0, 0.05) is 6.04 Å². The molecule has 0 saturated carbocycles. The average Bonchev–Trinajstić information content (AvgIpc) is 2.39. The van der Waals surface area contributed by atoms with Gasteiger partial charge >= 0.3 is 0 Å². The fourth-order valence-electron chi connectivity index (χ4n) is 3.19. The number of halogens is 1.